The summed E-state index contributed by atoms with van der Waals surface area (Å²) in [7, 11) is -2.83. The van der Waals surface area contributed by atoms with Crippen LogP contribution < -0.4 is 26.2 Å². The van der Waals surface area contributed by atoms with Crippen molar-refractivity contribution < 1.29 is 89.4 Å². The number of pyridine rings is 2. The number of ketones is 1. The fraction of sp³-hybridized carbons (Fsp3) is 0.465. The first-order valence-corrected chi connectivity index (χ1v) is 39.5. The first-order chi connectivity index (χ1) is 45.6. The van der Waals surface area contributed by atoms with E-state index in [1.54, 1.807) is 119 Å². The molecule has 6 amide bonds. The standard InChI is InChI=1S/C36H47F2N3O7Si.C20H27N3O4.C15H21F2NO4Si/c1-35(2,3)47-33(44)41(34(45)48-36(4,5)6)31-26-13-10-23(20-25(26)16-17-39-31)12-15-30(42)29(22-24-11-14-27(37)28(38)21-24)40-32(43)46-18-19-49(7,8)9;1-19(2,3)26-17(24)23(18(25)27-20(4,5)6)16-15-8-7-13(12-21)11-14(15)9-10-22-16;1-23(2,3)7-6-22-15(21)18-13(14(19)20)9-10-4-5-11(16)12(17)8-10/h10-11,13-14,16-17,20-21,29H,12,15,18-19,22H2,1-9H3,(H,40,43);7-11H,12,21H2,1-6H3;4-5,8,13H,6-7,9H2,1-3H3,(H,18,21)(H,19,20)/t29-;;13-/m0.0/s1. The number of alkyl carbamates (subject to hydrolysis) is 2. The smallest absolute Gasteiger partial charge is 0.425 e. The highest BCUT2D eigenvalue weighted by Gasteiger charge is 2.37. The summed E-state index contributed by atoms with van der Waals surface area (Å²) >= 11 is 0. The minimum absolute atomic E-state index is 0.00885. The minimum atomic E-state index is -1.47. The molecule has 0 bridgehead atoms. The van der Waals surface area contributed by atoms with Crippen molar-refractivity contribution in [2.45, 2.75) is 201 Å². The van der Waals surface area contributed by atoms with Gasteiger partial charge in [0.2, 0.25) is 0 Å². The normalized spacial score (nSPS) is 12.4. The van der Waals surface area contributed by atoms with Crippen LogP contribution >= 0.6 is 0 Å². The Balaban J connectivity index is 0.000000349. The van der Waals surface area contributed by atoms with E-state index in [0.717, 1.165) is 62.7 Å². The molecule has 0 radical (unpaired) electrons. The Bertz CT molecular complexity index is 3780. The molecular weight excluding hydrogens is 1320 g/mol. The zero-order valence-corrected chi connectivity index (χ0v) is 61.8. The molecule has 6 aromatic rings. The number of hydrogen-bond donors (Lipinski definition) is 4. The van der Waals surface area contributed by atoms with Gasteiger partial charge in [-0.1, -0.05) is 81.7 Å². The fourth-order valence-electron chi connectivity index (χ4n) is 8.75. The number of rotatable bonds is 20. The molecule has 540 valence electrons. The third kappa shape index (κ3) is 29.1. The zero-order chi connectivity index (χ0) is 74.8. The van der Waals surface area contributed by atoms with Gasteiger partial charge >= 0.3 is 42.5 Å². The lowest BCUT2D eigenvalue weighted by Crippen LogP contribution is -2.44. The molecule has 0 aliphatic rings. The number of anilines is 2. The first-order valence-electron chi connectivity index (χ1n) is 32.1. The lowest BCUT2D eigenvalue weighted by Gasteiger charge is -2.28. The molecule has 2 heterocycles. The summed E-state index contributed by atoms with van der Waals surface area (Å²) in [5, 5.41) is 16.5. The number of carboxylic acids is 1. The summed E-state index contributed by atoms with van der Waals surface area (Å²) in [6, 6.07) is 19.8. The van der Waals surface area contributed by atoms with Crippen molar-refractivity contribution >= 4 is 97.6 Å². The van der Waals surface area contributed by atoms with Gasteiger partial charge in [-0.3, -0.25) is 4.79 Å². The number of halogens is 4. The maximum absolute atomic E-state index is 14.0. The van der Waals surface area contributed by atoms with Crippen LogP contribution in [-0.4, -0.2) is 127 Å². The number of nitrogens with zero attached hydrogens (tertiary/aromatic N) is 4. The second kappa shape index (κ2) is 35.1. The second-order valence-electron chi connectivity index (χ2n) is 29.7. The van der Waals surface area contributed by atoms with Crippen LogP contribution in [0, 0.1) is 23.3 Å². The lowest BCUT2D eigenvalue weighted by atomic mass is 9.97. The van der Waals surface area contributed by atoms with Crippen LogP contribution in [0.25, 0.3) is 21.5 Å². The van der Waals surface area contributed by atoms with Crippen LogP contribution in [0.15, 0.2) is 97.3 Å². The van der Waals surface area contributed by atoms with Gasteiger partial charge in [-0.25, -0.2) is 61.1 Å². The van der Waals surface area contributed by atoms with E-state index in [9.17, 15) is 55.9 Å². The SMILES string of the molecule is CC(C)(C)OC(=O)N(C(=O)OC(C)(C)C)c1nccc2cc(CCC(=O)[C@H](Cc3ccc(F)c(F)c3)NC(=O)OCC[Si](C)(C)C)ccc12.CC(C)(C)OC(=O)N(C(=O)OC(C)(C)C)c1nccc2cc(CN)ccc12.C[Si](C)(C)CCOC(=O)N[C@@H](Cc1ccc(F)c(F)c1)C(=O)O. The van der Waals surface area contributed by atoms with Gasteiger partial charge < -0.3 is 49.9 Å². The molecule has 99 heavy (non-hydrogen) atoms. The Hall–Kier alpha value is -9.03. The topological polar surface area (TPSA) is 295 Å². The number of carbonyl (C=O) groups excluding carboxylic acids is 7. The van der Waals surface area contributed by atoms with E-state index in [-0.39, 0.29) is 61.9 Å². The lowest BCUT2D eigenvalue weighted by molar-refractivity contribution is -0.139. The van der Waals surface area contributed by atoms with Gasteiger partial charge in [0.05, 0.1) is 19.3 Å². The molecule has 2 aromatic heterocycles. The molecule has 22 nitrogen and oxygen atoms in total. The average molecular weight is 1420 g/mol. The van der Waals surface area contributed by atoms with Gasteiger partial charge in [-0.15, -0.1) is 0 Å². The highest BCUT2D eigenvalue weighted by atomic mass is 28.3. The van der Waals surface area contributed by atoms with Crippen LogP contribution in [0.5, 0.6) is 0 Å². The van der Waals surface area contributed by atoms with E-state index in [4.69, 9.17) is 39.3 Å². The number of nitrogens with two attached hydrogens (primary N) is 1. The molecule has 5 N–H and O–H groups in total. The van der Waals surface area contributed by atoms with Crippen LogP contribution in [0.3, 0.4) is 0 Å². The van der Waals surface area contributed by atoms with Crippen molar-refractivity contribution in [2.75, 3.05) is 23.0 Å². The largest absolute Gasteiger partial charge is 0.480 e. The van der Waals surface area contributed by atoms with E-state index in [1.165, 1.54) is 24.5 Å². The Morgan fingerprint density at radius 1 is 0.485 bits per heavy atom. The fourth-order valence-corrected chi connectivity index (χ4v) is 10.2. The Labute approximate surface area is 578 Å². The third-order valence-electron chi connectivity index (χ3n) is 13.5. The van der Waals surface area contributed by atoms with Gasteiger partial charge in [-0.05, 0) is 184 Å². The van der Waals surface area contributed by atoms with E-state index in [2.05, 4.69) is 59.9 Å². The van der Waals surface area contributed by atoms with Gasteiger partial charge in [-0.2, -0.15) is 9.80 Å². The summed E-state index contributed by atoms with van der Waals surface area (Å²) in [5.41, 5.74) is 4.62. The van der Waals surface area contributed by atoms with Gasteiger partial charge in [0.1, 0.15) is 28.4 Å². The molecule has 0 unspecified atom stereocenters. The summed E-state index contributed by atoms with van der Waals surface area (Å²) in [6.07, 6.45) is -2.16. The number of hydrogen-bond acceptors (Lipinski definition) is 17. The van der Waals surface area contributed by atoms with E-state index in [1.807, 2.05) is 12.1 Å². The summed E-state index contributed by atoms with van der Waals surface area (Å²) < 4.78 is 85.6. The second-order valence-corrected chi connectivity index (χ2v) is 40.9. The van der Waals surface area contributed by atoms with Crippen molar-refractivity contribution in [3.8, 4) is 0 Å². The quantitative estimate of drug-likeness (QED) is 0.0314. The number of carboxylic acid groups (broad SMARTS) is 1. The number of fused-ring (bicyclic) bond motifs is 2. The summed E-state index contributed by atoms with van der Waals surface area (Å²) in [5.74, 6) is -5.58. The van der Waals surface area contributed by atoms with Crippen molar-refractivity contribution in [3.05, 3.63) is 143 Å². The number of aromatic nitrogens is 2. The maximum atomic E-state index is 14.0. The number of Topliss-reactive ketones (excluding diaryl/α,β-unsaturated/α-hetero) is 1. The van der Waals surface area contributed by atoms with E-state index in [0.29, 0.717) is 28.3 Å². The Morgan fingerprint density at radius 2 is 0.828 bits per heavy atom. The number of benzene rings is 4. The Morgan fingerprint density at radius 3 is 1.17 bits per heavy atom. The predicted molar refractivity (Wildman–Crippen MR) is 375 cm³/mol. The third-order valence-corrected chi connectivity index (χ3v) is 16.9. The minimum Gasteiger partial charge on any atom is -0.480 e. The number of aryl methyl sites for hydroxylation is 1. The predicted octanol–water partition coefficient (Wildman–Crippen LogP) is 15.8. The molecule has 0 spiro atoms. The first kappa shape index (κ1) is 82.4. The number of imide groups is 2. The average Bonchev–Trinajstić information content (AvgIpc) is 0.790. The Kier molecular flexibility index (Phi) is 29.3. The monoisotopic (exact) mass is 1420 g/mol. The van der Waals surface area contributed by atoms with Crippen molar-refractivity contribution in [1.29, 1.82) is 0 Å². The number of aliphatic carboxylic acids is 1. The summed E-state index contributed by atoms with van der Waals surface area (Å²) in [6.45, 7) is 34.0. The van der Waals surface area contributed by atoms with Gasteiger partial charge in [0, 0.05) is 58.7 Å². The molecule has 2 atom stereocenters. The molecule has 0 aliphatic carbocycles. The number of amides is 6. The highest BCUT2D eigenvalue weighted by Crippen LogP contribution is 2.31. The van der Waals surface area contributed by atoms with E-state index >= 15 is 0 Å². The molecule has 0 saturated heterocycles. The van der Waals surface area contributed by atoms with Gasteiger partial charge in [0.25, 0.3) is 0 Å². The number of nitrogens with one attached hydrogen (secondary N) is 2. The molecular formula is C71H95F4N7O15Si2. The van der Waals surface area contributed by atoms with Crippen molar-refractivity contribution in [3.63, 3.8) is 0 Å². The number of carbonyl (C=O) groups is 8. The van der Waals surface area contributed by atoms with Crippen LogP contribution in [0.1, 0.15) is 112 Å². The molecule has 4 aromatic carbocycles. The molecule has 28 heteroatoms. The maximum Gasteiger partial charge on any atom is 0.425 e. The van der Waals surface area contributed by atoms with Crippen LogP contribution in [0.4, 0.5) is 58.0 Å². The number of ether oxygens (including phenoxy) is 6. The van der Waals surface area contributed by atoms with Gasteiger partial charge in [0.15, 0.2) is 40.7 Å². The zero-order valence-electron chi connectivity index (χ0n) is 59.8. The van der Waals surface area contributed by atoms with Crippen LogP contribution in [0.2, 0.25) is 51.4 Å². The van der Waals surface area contributed by atoms with Crippen molar-refractivity contribution in [2.24, 2.45) is 5.73 Å². The summed E-state index contributed by atoms with van der Waals surface area (Å²) in [4.78, 5) is 111. The highest BCUT2D eigenvalue weighted by molar-refractivity contribution is 6.76. The molecule has 0 saturated carbocycles. The molecule has 6 rings (SSSR count). The van der Waals surface area contributed by atoms with E-state index < -0.39 is 116 Å². The molecule has 0 aliphatic heterocycles. The molecule has 0 fully saturated rings. The van der Waals surface area contributed by atoms with Crippen molar-refractivity contribution in [1.82, 2.24) is 20.6 Å². The van der Waals surface area contributed by atoms with Crippen LogP contribution in [-0.2, 0) is 63.8 Å².